The monoisotopic (exact) mass is 428 g/mol. The highest BCUT2D eigenvalue weighted by molar-refractivity contribution is 5.48. The maximum atomic E-state index is 10.2. The number of ether oxygens (including phenoxy) is 4. The van der Waals surface area contributed by atoms with E-state index in [4.69, 9.17) is 18.9 Å². The molecule has 0 aromatic heterocycles. The average Bonchev–Trinajstić information content (AvgIpc) is 2.76. The summed E-state index contributed by atoms with van der Waals surface area (Å²) in [5.74, 6) is 0. The molecular formula is C20H28O10. The summed E-state index contributed by atoms with van der Waals surface area (Å²) in [6.45, 7) is -0.478. The Balaban J connectivity index is 1.52. The van der Waals surface area contributed by atoms with Crippen molar-refractivity contribution in [2.45, 2.75) is 55.3 Å². The van der Waals surface area contributed by atoms with Gasteiger partial charge in [0.05, 0.1) is 19.8 Å². The number of aliphatic hydroxyl groups is 6. The van der Waals surface area contributed by atoms with Gasteiger partial charge in [0.2, 0.25) is 0 Å². The summed E-state index contributed by atoms with van der Waals surface area (Å²) in [5, 5.41) is 59.4. The van der Waals surface area contributed by atoms with E-state index in [1.807, 2.05) is 36.4 Å². The van der Waals surface area contributed by atoms with E-state index in [1.165, 1.54) is 0 Å². The van der Waals surface area contributed by atoms with Crippen LogP contribution in [-0.2, 0) is 18.9 Å². The van der Waals surface area contributed by atoms with Crippen molar-refractivity contribution in [3.8, 4) is 0 Å². The Bertz CT molecular complexity index is 671. The maximum absolute atomic E-state index is 10.2. The Labute approximate surface area is 173 Å². The van der Waals surface area contributed by atoms with E-state index in [0.717, 1.165) is 5.56 Å². The van der Waals surface area contributed by atoms with Crippen LogP contribution in [0.2, 0.25) is 0 Å². The second kappa shape index (κ2) is 10.7. The molecule has 0 aliphatic carbocycles. The van der Waals surface area contributed by atoms with Crippen LogP contribution < -0.4 is 0 Å². The van der Waals surface area contributed by atoms with E-state index >= 15 is 0 Å². The zero-order valence-electron chi connectivity index (χ0n) is 16.2. The molecule has 0 saturated carbocycles. The molecule has 0 bridgehead atoms. The topological polar surface area (TPSA) is 158 Å². The number of benzene rings is 1. The predicted molar refractivity (Wildman–Crippen MR) is 102 cm³/mol. The first-order chi connectivity index (χ1) is 14.4. The van der Waals surface area contributed by atoms with Crippen LogP contribution in [0.3, 0.4) is 0 Å². The van der Waals surface area contributed by atoms with E-state index in [-0.39, 0.29) is 19.8 Å². The summed E-state index contributed by atoms with van der Waals surface area (Å²) in [5.41, 5.74) is 0.964. The van der Waals surface area contributed by atoms with Crippen molar-refractivity contribution in [1.29, 1.82) is 0 Å². The van der Waals surface area contributed by atoms with Crippen LogP contribution in [-0.4, -0.2) is 106 Å². The molecule has 1 aromatic carbocycles. The van der Waals surface area contributed by atoms with Crippen LogP contribution in [0.4, 0.5) is 0 Å². The van der Waals surface area contributed by atoms with E-state index in [1.54, 1.807) is 6.08 Å². The maximum Gasteiger partial charge on any atom is 0.187 e. The quantitative estimate of drug-likeness (QED) is 0.286. The molecule has 10 nitrogen and oxygen atoms in total. The lowest BCUT2D eigenvalue weighted by molar-refractivity contribution is -0.319. The average molecular weight is 428 g/mol. The Kier molecular flexibility index (Phi) is 8.31. The molecular weight excluding hydrogens is 400 g/mol. The van der Waals surface area contributed by atoms with Crippen LogP contribution in [0.5, 0.6) is 0 Å². The first-order valence-corrected chi connectivity index (χ1v) is 9.68. The second-order valence-electron chi connectivity index (χ2n) is 7.24. The van der Waals surface area contributed by atoms with Gasteiger partial charge in [-0.25, -0.2) is 0 Å². The molecule has 3 rings (SSSR count). The molecule has 1 aromatic rings. The molecule has 6 N–H and O–H groups in total. The lowest BCUT2D eigenvalue weighted by atomic mass is 9.99. The number of aliphatic hydroxyl groups excluding tert-OH is 6. The van der Waals surface area contributed by atoms with Gasteiger partial charge in [-0.1, -0.05) is 42.5 Å². The fourth-order valence-corrected chi connectivity index (χ4v) is 3.21. The molecule has 0 spiro atoms. The standard InChI is InChI=1S/C20H28O10/c21-12-9-28-19(17(25)14(12)22)29-10-13-15(23)16(24)18(26)20(30-13)27-8-4-7-11-5-2-1-3-6-11/h1-7,12-26H,8-10H2/t12-,13-,14-,15-,16+,17+,18-,19+,20-/m1/s1. The summed E-state index contributed by atoms with van der Waals surface area (Å²) >= 11 is 0. The van der Waals surface area contributed by atoms with E-state index in [2.05, 4.69) is 0 Å². The fraction of sp³-hybridized carbons (Fsp3) is 0.600. The third kappa shape index (κ3) is 5.62. The van der Waals surface area contributed by atoms with E-state index < -0.39 is 55.3 Å². The van der Waals surface area contributed by atoms with Gasteiger partial charge in [-0.2, -0.15) is 0 Å². The summed E-state index contributed by atoms with van der Waals surface area (Å²) in [4.78, 5) is 0. The van der Waals surface area contributed by atoms with Gasteiger partial charge in [0, 0.05) is 0 Å². The van der Waals surface area contributed by atoms with Gasteiger partial charge in [-0.05, 0) is 5.56 Å². The third-order valence-corrected chi connectivity index (χ3v) is 5.01. The zero-order valence-corrected chi connectivity index (χ0v) is 16.2. The molecule has 9 atom stereocenters. The Morgan fingerprint density at radius 1 is 0.833 bits per heavy atom. The fourth-order valence-electron chi connectivity index (χ4n) is 3.21. The highest BCUT2D eigenvalue weighted by Crippen LogP contribution is 2.24. The second-order valence-corrected chi connectivity index (χ2v) is 7.24. The number of hydrogen-bond acceptors (Lipinski definition) is 10. The summed E-state index contributed by atoms with van der Waals surface area (Å²) < 4.78 is 21.5. The normalized spacial score (nSPS) is 40.0. The van der Waals surface area contributed by atoms with Crippen molar-refractivity contribution < 1.29 is 49.6 Å². The van der Waals surface area contributed by atoms with Crippen LogP contribution in [0, 0.1) is 0 Å². The van der Waals surface area contributed by atoms with Crippen molar-refractivity contribution in [3.63, 3.8) is 0 Å². The van der Waals surface area contributed by atoms with Crippen molar-refractivity contribution in [2.75, 3.05) is 19.8 Å². The largest absolute Gasteiger partial charge is 0.388 e. The van der Waals surface area contributed by atoms with Crippen LogP contribution >= 0.6 is 0 Å². The Morgan fingerprint density at radius 2 is 1.53 bits per heavy atom. The molecule has 2 saturated heterocycles. The molecule has 0 radical (unpaired) electrons. The predicted octanol–water partition coefficient (Wildman–Crippen LogP) is -2.02. The molecule has 2 aliphatic rings. The number of rotatable bonds is 7. The molecule has 30 heavy (non-hydrogen) atoms. The molecule has 2 heterocycles. The van der Waals surface area contributed by atoms with Gasteiger partial charge in [0.25, 0.3) is 0 Å². The molecule has 10 heteroatoms. The van der Waals surface area contributed by atoms with Crippen LogP contribution in [0.1, 0.15) is 5.56 Å². The van der Waals surface area contributed by atoms with Crippen molar-refractivity contribution in [1.82, 2.24) is 0 Å². The minimum atomic E-state index is -1.54. The van der Waals surface area contributed by atoms with Gasteiger partial charge in [-0.15, -0.1) is 0 Å². The summed E-state index contributed by atoms with van der Waals surface area (Å²) in [7, 11) is 0. The van der Waals surface area contributed by atoms with Crippen LogP contribution in [0.25, 0.3) is 6.08 Å². The highest BCUT2D eigenvalue weighted by atomic mass is 16.7. The smallest absolute Gasteiger partial charge is 0.187 e. The first kappa shape index (κ1) is 23.2. The summed E-state index contributed by atoms with van der Waals surface area (Å²) in [6.07, 6.45) is -8.71. The molecule has 0 unspecified atom stereocenters. The van der Waals surface area contributed by atoms with E-state index in [0.29, 0.717) is 0 Å². The highest BCUT2D eigenvalue weighted by Gasteiger charge is 2.45. The van der Waals surface area contributed by atoms with E-state index in [9.17, 15) is 30.6 Å². The van der Waals surface area contributed by atoms with Crippen molar-refractivity contribution in [3.05, 3.63) is 42.0 Å². The summed E-state index contributed by atoms with van der Waals surface area (Å²) in [6, 6.07) is 9.50. The third-order valence-electron chi connectivity index (χ3n) is 5.01. The first-order valence-electron chi connectivity index (χ1n) is 9.68. The molecule has 0 amide bonds. The van der Waals surface area contributed by atoms with Gasteiger partial charge in [0.15, 0.2) is 12.6 Å². The van der Waals surface area contributed by atoms with Gasteiger partial charge >= 0.3 is 0 Å². The van der Waals surface area contributed by atoms with Crippen LogP contribution in [0.15, 0.2) is 36.4 Å². The molecule has 2 aliphatic heterocycles. The van der Waals surface area contributed by atoms with Gasteiger partial charge in [-0.3, -0.25) is 0 Å². The minimum Gasteiger partial charge on any atom is -0.388 e. The van der Waals surface area contributed by atoms with Gasteiger partial charge in [0.1, 0.15) is 42.7 Å². The zero-order chi connectivity index (χ0) is 21.7. The minimum absolute atomic E-state index is 0.0849. The lowest BCUT2D eigenvalue weighted by Crippen LogP contribution is -2.60. The van der Waals surface area contributed by atoms with Crippen molar-refractivity contribution in [2.24, 2.45) is 0 Å². The Morgan fingerprint density at radius 3 is 2.27 bits per heavy atom. The molecule has 2 fully saturated rings. The van der Waals surface area contributed by atoms with Gasteiger partial charge < -0.3 is 49.6 Å². The Hall–Kier alpha value is -1.44. The number of hydrogen-bond donors (Lipinski definition) is 6. The van der Waals surface area contributed by atoms with Crippen molar-refractivity contribution >= 4 is 6.08 Å². The SMILES string of the molecule is O[C@@H]1[C@@H](O)[C@H](OCC=Cc2ccccc2)O[C@H](CO[C@@H]2OC[C@@H](O)[C@@H](O)[C@@H]2O)[C@H]1O. The molecule has 168 valence electrons. The lowest BCUT2D eigenvalue weighted by Gasteiger charge is -2.41.